The average molecular weight is 265 g/mol. The highest BCUT2D eigenvalue weighted by atomic mass is 15.2. The second kappa shape index (κ2) is 6.55. The van der Waals surface area contributed by atoms with Crippen molar-refractivity contribution in [2.24, 2.45) is 5.92 Å². The molecular formula is C16H31N3. The van der Waals surface area contributed by atoms with E-state index < -0.39 is 0 Å². The van der Waals surface area contributed by atoms with Crippen LogP contribution in [0.4, 0.5) is 0 Å². The molecule has 1 N–H and O–H groups in total. The first-order chi connectivity index (χ1) is 9.31. The lowest BCUT2D eigenvalue weighted by atomic mass is 10.1. The predicted molar refractivity (Wildman–Crippen MR) is 80.5 cm³/mol. The molecule has 3 heteroatoms. The first kappa shape index (κ1) is 13.8. The number of piperidine rings is 1. The first-order valence-corrected chi connectivity index (χ1v) is 8.51. The summed E-state index contributed by atoms with van der Waals surface area (Å²) in [6.07, 6.45) is 8.53. The predicted octanol–water partition coefficient (Wildman–Crippen LogP) is 1.93. The van der Waals surface area contributed by atoms with Gasteiger partial charge in [0.1, 0.15) is 0 Å². The molecule has 3 rings (SSSR count). The Balaban J connectivity index is 1.36. The molecule has 0 spiro atoms. The van der Waals surface area contributed by atoms with Gasteiger partial charge in [0.25, 0.3) is 0 Å². The van der Waals surface area contributed by atoms with Gasteiger partial charge in [0, 0.05) is 25.2 Å². The van der Waals surface area contributed by atoms with Crippen LogP contribution < -0.4 is 5.32 Å². The lowest BCUT2D eigenvalue weighted by Gasteiger charge is -2.33. The minimum absolute atomic E-state index is 0.754. The molecule has 2 atom stereocenters. The van der Waals surface area contributed by atoms with E-state index in [2.05, 4.69) is 22.0 Å². The van der Waals surface area contributed by atoms with Crippen molar-refractivity contribution >= 4 is 0 Å². The molecule has 19 heavy (non-hydrogen) atoms. The van der Waals surface area contributed by atoms with E-state index in [4.69, 9.17) is 0 Å². The maximum Gasteiger partial charge on any atom is 0.0195 e. The van der Waals surface area contributed by atoms with Crippen LogP contribution >= 0.6 is 0 Å². The van der Waals surface area contributed by atoms with Crippen molar-refractivity contribution < 1.29 is 0 Å². The summed E-state index contributed by atoms with van der Waals surface area (Å²) in [6.45, 7) is 10.3. The van der Waals surface area contributed by atoms with E-state index in [0.717, 1.165) is 18.0 Å². The molecule has 3 aliphatic rings. The molecule has 110 valence electrons. The van der Waals surface area contributed by atoms with Gasteiger partial charge in [-0.1, -0.05) is 6.42 Å². The summed E-state index contributed by atoms with van der Waals surface area (Å²) in [7, 11) is 0. The van der Waals surface area contributed by atoms with E-state index in [-0.39, 0.29) is 0 Å². The van der Waals surface area contributed by atoms with Crippen LogP contribution in [-0.4, -0.2) is 61.2 Å². The molecule has 2 unspecified atom stereocenters. The van der Waals surface area contributed by atoms with Crippen molar-refractivity contribution in [2.45, 2.75) is 57.5 Å². The number of likely N-dealkylation sites (tertiary alicyclic amines) is 2. The van der Waals surface area contributed by atoms with Crippen molar-refractivity contribution in [2.75, 3.05) is 39.3 Å². The van der Waals surface area contributed by atoms with Gasteiger partial charge in [-0.2, -0.15) is 0 Å². The average Bonchev–Trinajstić information content (AvgIpc) is 3.14. The topological polar surface area (TPSA) is 18.5 Å². The van der Waals surface area contributed by atoms with E-state index >= 15 is 0 Å². The molecule has 3 fully saturated rings. The summed E-state index contributed by atoms with van der Waals surface area (Å²) in [6, 6.07) is 1.63. The zero-order valence-electron chi connectivity index (χ0n) is 12.6. The summed E-state index contributed by atoms with van der Waals surface area (Å²) in [5.74, 6) is 0.907. The van der Waals surface area contributed by atoms with Crippen molar-refractivity contribution in [1.29, 1.82) is 0 Å². The zero-order chi connectivity index (χ0) is 13.1. The number of nitrogens with zero attached hydrogens (tertiary/aromatic N) is 2. The highest BCUT2D eigenvalue weighted by molar-refractivity contribution is 4.86. The van der Waals surface area contributed by atoms with Gasteiger partial charge in [0.15, 0.2) is 0 Å². The van der Waals surface area contributed by atoms with Crippen LogP contribution in [-0.2, 0) is 0 Å². The van der Waals surface area contributed by atoms with Crippen LogP contribution in [0.2, 0.25) is 0 Å². The molecule has 1 aliphatic carbocycles. The Bertz CT molecular complexity index is 271. The van der Waals surface area contributed by atoms with Crippen molar-refractivity contribution in [1.82, 2.24) is 15.1 Å². The Morgan fingerprint density at radius 3 is 2.58 bits per heavy atom. The second-order valence-corrected chi connectivity index (χ2v) is 7.04. The van der Waals surface area contributed by atoms with Crippen LogP contribution in [0.15, 0.2) is 0 Å². The third kappa shape index (κ3) is 4.17. The largest absolute Gasteiger partial charge is 0.314 e. The van der Waals surface area contributed by atoms with Crippen molar-refractivity contribution in [3.63, 3.8) is 0 Å². The summed E-state index contributed by atoms with van der Waals surface area (Å²) in [4.78, 5) is 5.41. The molecule has 0 aromatic rings. The van der Waals surface area contributed by atoms with Gasteiger partial charge in [-0.15, -0.1) is 0 Å². The number of rotatable bonds is 6. The second-order valence-electron chi connectivity index (χ2n) is 7.04. The molecule has 0 radical (unpaired) electrons. The first-order valence-electron chi connectivity index (χ1n) is 8.51. The lowest BCUT2D eigenvalue weighted by Crippen LogP contribution is -2.43. The number of hydrogen-bond acceptors (Lipinski definition) is 3. The van der Waals surface area contributed by atoms with Crippen LogP contribution in [0.3, 0.4) is 0 Å². The molecule has 0 aromatic carbocycles. The van der Waals surface area contributed by atoms with Crippen LogP contribution in [0.5, 0.6) is 0 Å². The van der Waals surface area contributed by atoms with Crippen LogP contribution in [0.25, 0.3) is 0 Å². The Hall–Kier alpha value is -0.120. The Morgan fingerprint density at radius 2 is 1.84 bits per heavy atom. The van der Waals surface area contributed by atoms with Crippen molar-refractivity contribution in [3.8, 4) is 0 Å². The summed E-state index contributed by atoms with van der Waals surface area (Å²) >= 11 is 0. The molecule has 2 aliphatic heterocycles. The minimum Gasteiger partial charge on any atom is -0.314 e. The van der Waals surface area contributed by atoms with E-state index in [1.165, 1.54) is 77.8 Å². The van der Waals surface area contributed by atoms with Gasteiger partial charge in [0.2, 0.25) is 0 Å². The van der Waals surface area contributed by atoms with Gasteiger partial charge >= 0.3 is 0 Å². The van der Waals surface area contributed by atoms with Gasteiger partial charge in [-0.25, -0.2) is 0 Å². The Morgan fingerprint density at radius 1 is 1.05 bits per heavy atom. The third-order valence-electron chi connectivity index (χ3n) is 5.18. The Kier molecular flexibility index (Phi) is 4.78. The molecule has 2 heterocycles. The molecule has 3 nitrogen and oxygen atoms in total. The third-order valence-corrected chi connectivity index (χ3v) is 5.18. The lowest BCUT2D eigenvalue weighted by molar-refractivity contribution is 0.150. The normalized spacial score (nSPS) is 31.7. The zero-order valence-corrected chi connectivity index (χ0v) is 12.6. The molecular weight excluding hydrogens is 234 g/mol. The number of hydrogen-bond donors (Lipinski definition) is 1. The van der Waals surface area contributed by atoms with Crippen molar-refractivity contribution in [3.05, 3.63) is 0 Å². The maximum absolute atomic E-state index is 3.70. The van der Waals surface area contributed by atoms with Gasteiger partial charge in [-0.05, 0) is 71.1 Å². The standard InChI is InChI=1S/C16H31N3/c1-14(12-18-8-3-2-4-9-18)19-10-7-15(13-19)11-17-16-5-6-16/h14-17H,2-13H2,1H3. The SMILES string of the molecule is CC(CN1CCCCC1)N1CCC(CNC2CC2)C1. The minimum atomic E-state index is 0.754. The van der Waals surface area contributed by atoms with Gasteiger partial charge in [-0.3, -0.25) is 4.90 Å². The highest BCUT2D eigenvalue weighted by Crippen LogP contribution is 2.22. The monoisotopic (exact) mass is 265 g/mol. The fourth-order valence-electron chi connectivity index (χ4n) is 3.68. The Labute approximate surface area is 118 Å². The molecule has 0 amide bonds. The number of nitrogens with one attached hydrogen (secondary N) is 1. The van der Waals surface area contributed by atoms with Gasteiger partial charge < -0.3 is 10.2 Å². The highest BCUT2D eigenvalue weighted by Gasteiger charge is 2.29. The smallest absolute Gasteiger partial charge is 0.0195 e. The molecule has 0 bridgehead atoms. The van der Waals surface area contributed by atoms with E-state index in [9.17, 15) is 0 Å². The fourth-order valence-corrected chi connectivity index (χ4v) is 3.68. The van der Waals surface area contributed by atoms with E-state index in [1.54, 1.807) is 0 Å². The maximum atomic E-state index is 3.70. The van der Waals surface area contributed by atoms with Crippen LogP contribution in [0, 0.1) is 5.92 Å². The summed E-state index contributed by atoms with van der Waals surface area (Å²) in [5.41, 5.74) is 0. The fraction of sp³-hybridized carbons (Fsp3) is 1.00. The summed E-state index contributed by atoms with van der Waals surface area (Å²) < 4.78 is 0. The quantitative estimate of drug-likeness (QED) is 0.792. The van der Waals surface area contributed by atoms with Crippen LogP contribution in [0.1, 0.15) is 45.4 Å². The molecule has 0 aromatic heterocycles. The summed E-state index contributed by atoms with van der Waals surface area (Å²) in [5, 5.41) is 3.70. The van der Waals surface area contributed by atoms with Gasteiger partial charge in [0.05, 0.1) is 0 Å². The van der Waals surface area contributed by atoms with E-state index in [0.29, 0.717) is 0 Å². The molecule has 2 saturated heterocycles. The molecule has 1 saturated carbocycles. The van der Waals surface area contributed by atoms with E-state index in [1.807, 2.05) is 0 Å².